The van der Waals surface area contributed by atoms with E-state index in [9.17, 15) is 0 Å². The second-order valence-electron chi connectivity index (χ2n) is 4.20. The Morgan fingerprint density at radius 2 is 1.44 bits per heavy atom. The highest BCUT2D eigenvalue weighted by molar-refractivity contribution is 5.16. The van der Waals surface area contributed by atoms with Crippen molar-refractivity contribution in [2.24, 2.45) is 0 Å². The summed E-state index contributed by atoms with van der Waals surface area (Å²) in [5.74, 6) is 6.46. The first kappa shape index (κ1) is 12.4. The third-order valence-corrected chi connectivity index (χ3v) is 2.77. The highest BCUT2D eigenvalue weighted by atomic mass is 14.6. The van der Waals surface area contributed by atoms with Gasteiger partial charge in [-0.15, -0.1) is 11.8 Å². The normalized spacial score (nSPS) is 9.56. The number of hydrogen-bond acceptors (Lipinski definition) is 1. The largest absolute Gasteiger partial charge is 0.264 e. The average Bonchev–Trinajstić information content (AvgIpc) is 2.45. The molecule has 18 heavy (non-hydrogen) atoms. The molecule has 1 nitrogen and oxygen atoms in total. The number of pyridine rings is 1. The van der Waals surface area contributed by atoms with Crippen LogP contribution in [0.25, 0.3) is 0 Å². The molecular weight excluding hydrogens is 218 g/mol. The Morgan fingerprint density at radius 1 is 0.778 bits per heavy atom. The van der Waals surface area contributed by atoms with E-state index in [0.717, 1.165) is 25.7 Å². The molecule has 1 heteroatoms. The van der Waals surface area contributed by atoms with Crippen molar-refractivity contribution in [2.45, 2.75) is 25.7 Å². The van der Waals surface area contributed by atoms with Gasteiger partial charge in [-0.25, -0.2) is 0 Å². The summed E-state index contributed by atoms with van der Waals surface area (Å²) in [7, 11) is 0. The van der Waals surface area contributed by atoms with E-state index in [-0.39, 0.29) is 0 Å². The smallest absolute Gasteiger partial charge is 0.0300 e. The molecule has 0 saturated heterocycles. The van der Waals surface area contributed by atoms with Gasteiger partial charge in [0, 0.05) is 25.2 Å². The Morgan fingerprint density at radius 3 is 2.11 bits per heavy atom. The minimum atomic E-state index is 0.917. The molecule has 1 aromatic heterocycles. The Kier molecular flexibility index (Phi) is 5.02. The molecule has 0 aliphatic carbocycles. The lowest BCUT2D eigenvalue weighted by molar-refractivity contribution is 0.995. The van der Waals surface area contributed by atoms with Crippen molar-refractivity contribution in [2.75, 3.05) is 0 Å². The van der Waals surface area contributed by atoms with Crippen LogP contribution in [-0.4, -0.2) is 4.98 Å². The standard InChI is InChI=1S/C17H17N/c1(4-9-16-10-6-3-7-11-16)2-5-12-17-13-8-14-18-15-17/h3,6-8,10-11,13-15H,4-5,9,12H2. The van der Waals surface area contributed by atoms with Gasteiger partial charge in [0.1, 0.15) is 0 Å². The van der Waals surface area contributed by atoms with Crippen molar-refractivity contribution in [1.82, 2.24) is 4.98 Å². The van der Waals surface area contributed by atoms with E-state index in [1.165, 1.54) is 11.1 Å². The van der Waals surface area contributed by atoms with Gasteiger partial charge in [-0.05, 0) is 30.0 Å². The fourth-order valence-corrected chi connectivity index (χ4v) is 1.78. The van der Waals surface area contributed by atoms with E-state index < -0.39 is 0 Å². The SMILES string of the molecule is C(#CCCc1cccnc1)CCc1ccccc1. The second kappa shape index (κ2) is 7.29. The molecule has 0 aliphatic heterocycles. The van der Waals surface area contributed by atoms with Gasteiger partial charge in [0.25, 0.3) is 0 Å². The second-order valence-corrected chi connectivity index (χ2v) is 4.20. The Hall–Kier alpha value is -2.07. The summed E-state index contributed by atoms with van der Waals surface area (Å²) >= 11 is 0. The van der Waals surface area contributed by atoms with Crippen molar-refractivity contribution in [3.8, 4) is 11.8 Å². The molecule has 0 unspecified atom stereocenters. The Bertz CT molecular complexity index is 458. The molecule has 0 fully saturated rings. The third-order valence-electron chi connectivity index (χ3n) is 2.77. The zero-order chi connectivity index (χ0) is 12.5. The summed E-state index contributed by atoms with van der Waals surface area (Å²) in [6.07, 6.45) is 7.60. The van der Waals surface area contributed by atoms with E-state index in [1.807, 2.05) is 18.3 Å². The van der Waals surface area contributed by atoms with Crippen LogP contribution < -0.4 is 0 Å². The van der Waals surface area contributed by atoms with Crippen LogP contribution in [0.2, 0.25) is 0 Å². The first-order chi connectivity index (χ1) is 8.95. The summed E-state index contributed by atoms with van der Waals surface area (Å²) in [5, 5.41) is 0. The third kappa shape index (κ3) is 4.43. The maximum atomic E-state index is 4.09. The number of hydrogen-bond donors (Lipinski definition) is 0. The van der Waals surface area contributed by atoms with E-state index in [4.69, 9.17) is 0 Å². The van der Waals surface area contributed by atoms with Crippen LogP contribution in [0.1, 0.15) is 24.0 Å². The van der Waals surface area contributed by atoms with E-state index in [1.54, 1.807) is 6.20 Å². The van der Waals surface area contributed by atoms with Crippen molar-refractivity contribution < 1.29 is 0 Å². The topological polar surface area (TPSA) is 12.9 Å². The van der Waals surface area contributed by atoms with Gasteiger partial charge in [-0.2, -0.15) is 0 Å². The van der Waals surface area contributed by atoms with Crippen LogP contribution in [0.3, 0.4) is 0 Å². The molecule has 2 aromatic rings. The number of aromatic nitrogens is 1. The van der Waals surface area contributed by atoms with Crippen LogP contribution in [0, 0.1) is 11.8 Å². The van der Waals surface area contributed by atoms with Crippen LogP contribution in [0.15, 0.2) is 54.9 Å². The van der Waals surface area contributed by atoms with Crippen LogP contribution in [0.4, 0.5) is 0 Å². The number of aryl methyl sites for hydroxylation is 2. The molecule has 0 spiro atoms. The van der Waals surface area contributed by atoms with E-state index >= 15 is 0 Å². The van der Waals surface area contributed by atoms with Gasteiger partial charge in [0.05, 0.1) is 0 Å². The van der Waals surface area contributed by atoms with Gasteiger partial charge >= 0.3 is 0 Å². The van der Waals surface area contributed by atoms with Gasteiger partial charge in [0.2, 0.25) is 0 Å². The molecule has 0 atom stereocenters. The molecular formula is C17H17N. The molecule has 0 amide bonds. The van der Waals surface area contributed by atoms with E-state index in [2.05, 4.69) is 47.2 Å². The van der Waals surface area contributed by atoms with Gasteiger partial charge in [0.15, 0.2) is 0 Å². The lowest BCUT2D eigenvalue weighted by Crippen LogP contribution is -1.84. The molecule has 90 valence electrons. The van der Waals surface area contributed by atoms with Gasteiger partial charge < -0.3 is 0 Å². The Balaban J connectivity index is 1.68. The number of rotatable bonds is 4. The van der Waals surface area contributed by atoms with Crippen LogP contribution in [0.5, 0.6) is 0 Å². The summed E-state index contributed by atoms with van der Waals surface area (Å²) in [5.41, 5.74) is 2.62. The first-order valence-electron chi connectivity index (χ1n) is 6.34. The van der Waals surface area contributed by atoms with E-state index in [0.29, 0.717) is 0 Å². The summed E-state index contributed by atoms with van der Waals surface area (Å²) in [6, 6.07) is 14.6. The maximum absolute atomic E-state index is 4.09. The minimum absolute atomic E-state index is 0.917. The predicted octanol–water partition coefficient (Wildman–Crippen LogP) is 3.65. The molecule has 1 heterocycles. The summed E-state index contributed by atoms with van der Waals surface area (Å²) in [6.45, 7) is 0. The van der Waals surface area contributed by atoms with Gasteiger partial charge in [-0.3, -0.25) is 4.98 Å². The lowest BCUT2D eigenvalue weighted by Gasteiger charge is -1.95. The fourth-order valence-electron chi connectivity index (χ4n) is 1.78. The Labute approximate surface area is 109 Å². The van der Waals surface area contributed by atoms with Crippen molar-refractivity contribution >= 4 is 0 Å². The zero-order valence-electron chi connectivity index (χ0n) is 10.5. The monoisotopic (exact) mass is 235 g/mol. The molecule has 0 saturated carbocycles. The highest BCUT2D eigenvalue weighted by Gasteiger charge is 1.89. The molecule has 2 rings (SSSR count). The first-order valence-corrected chi connectivity index (χ1v) is 6.34. The van der Waals surface area contributed by atoms with Crippen molar-refractivity contribution in [1.29, 1.82) is 0 Å². The van der Waals surface area contributed by atoms with Gasteiger partial charge in [-0.1, -0.05) is 36.4 Å². The summed E-state index contributed by atoms with van der Waals surface area (Å²) < 4.78 is 0. The van der Waals surface area contributed by atoms with Crippen molar-refractivity contribution in [3.63, 3.8) is 0 Å². The maximum Gasteiger partial charge on any atom is 0.0300 e. The predicted molar refractivity (Wildman–Crippen MR) is 75.1 cm³/mol. The lowest BCUT2D eigenvalue weighted by atomic mass is 10.1. The average molecular weight is 235 g/mol. The summed E-state index contributed by atoms with van der Waals surface area (Å²) in [4.78, 5) is 4.09. The highest BCUT2D eigenvalue weighted by Crippen LogP contribution is 2.02. The number of benzene rings is 1. The molecule has 0 aliphatic rings. The fraction of sp³-hybridized carbons (Fsp3) is 0.235. The zero-order valence-corrected chi connectivity index (χ0v) is 10.5. The molecule has 0 N–H and O–H groups in total. The molecule has 0 bridgehead atoms. The van der Waals surface area contributed by atoms with Crippen molar-refractivity contribution in [3.05, 3.63) is 66.0 Å². The molecule has 1 aromatic carbocycles. The number of nitrogens with zero attached hydrogens (tertiary/aromatic N) is 1. The minimum Gasteiger partial charge on any atom is -0.264 e. The van der Waals surface area contributed by atoms with Crippen LogP contribution >= 0.6 is 0 Å². The van der Waals surface area contributed by atoms with Crippen LogP contribution in [-0.2, 0) is 12.8 Å². The quantitative estimate of drug-likeness (QED) is 0.737. The molecule has 0 radical (unpaired) electrons.